The van der Waals surface area contributed by atoms with Crippen LogP contribution in [0.2, 0.25) is 5.02 Å². The number of ether oxygens (including phenoxy) is 2. The number of fused-ring (bicyclic) bond motifs is 1. The van der Waals surface area contributed by atoms with Gasteiger partial charge in [-0.05, 0) is 48.5 Å². The molecule has 0 amide bonds. The Kier molecular flexibility index (Phi) is 6.80. The highest BCUT2D eigenvalue weighted by Gasteiger charge is 2.45. The summed E-state index contributed by atoms with van der Waals surface area (Å²) in [6.07, 6.45) is -4.19. The molecule has 4 aromatic rings. The maximum atomic E-state index is 14.5. The van der Waals surface area contributed by atoms with Gasteiger partial charge in [-0.1, -0.05) is 11.6 Å². The number of aliphatic hydroxyl groups excluding tert-OH is 4. The minimum Gasteiger partial charge on any atom is -0.460 e. The van der Waals surface area contributed by atoms with Gasteiger partial charge in [0.05, 0.1) is 29.7 Å². The molecule has 11 heteroatoms. The first-order chi connectivity index (χ1) is 17.7. The van der Waals surface area contributed by atoms with Crippen molar-refractivity contribution in [2.75, 3.05) is 6.61 Å². The molecule has 1 saturated heterocycles. The van der Waals surface area contributed by atoms with Gasteiger partial charge in [-0.15, -0.1) is 0 Å². The van der Waals surface area contributed by atoms with Gasteiger partial charge in [0.2, 0.25) is 12.1 Å². The van der Waals surface area contributed by atoms with Gasteiger partial charge in [0.15, 0.2) is 0 Å². The SMILES string of the molecule is Cn1cccc1C(=O)c1ccc(F)cc1-n1cc(O[C@@H]2O[C@H](CO)[C@H](O)[C@H](O)C2O)c2ccc(Cl)cc21. The molecule has 2 aromatic carbocycles. The van der Waals surface area contributed by atoms with Crippen molar-refractivity contribution < 1.29 is 39.1 Å². The van der Waals surface area contributed by atoms with Crippen molar-refractivity contribution in [2.24, 2.45) is 7.05 Å². The van der Waals surface area contributed by atoms with Crippen LogP contribution in [0.1, 0.15) is 16.1 Å². The lowest BCUT2D eigenvalue weighted by atomic mass is 9.99. The van der Waals surface area contributed by atoms with Gasteiger partial charge in [0, 0.05) is 29.2 Å². The average Bonchev–Trinajstić information content (AvgIpc) is 3.46. The topological polar surface area (TPSA) is 126 Å². The molecule has 9 nitrogen and oxygen atoms in total. The van der Waals surface area contributed by atoms with Crippen LogP contribution < -0.4 is 4.74 Å². The predicted octanol–water partition coefficient (Wildman–Crippen LogP) is 2.17. The zero-order valence-electron chi connectivity index (χ0n) is 19.5. The molecule has 0 aliphatic carbocycles. The molecule has 2 aromatic heterocycles. The van der Waals surface area contributed by atoms with Crippen LogP contribution in [0.5, 0.6) is 5.75 Å². The molecule has 1 aliphatic heterocycles. The molecule has 1 unspecified atom stereocenters. The number of hydrogen-bond donors (Lipinski definition) is 4. The van der Waals surface area contributed by atoms with E-state index in [1.54, 1.807) is 52.7 Å². The third kappa shape index (κ3) is 4.52. The Morgan fingerprint density at radius 2 is 1.89 bits per heavy atom. The third-order valence-corrected chi connectivity index (χ3v) is 6.70. The second kappa shape index (κ2) is 9.90. The summed E-state index contributed by atoms with van der Waals surface area (Å²) in [5.74, 6) is -0.737. The van der Waals surface area contributed by atoms with Crippen molar-refractivity contribution in [3.8, 4) is 11.4 Å². The van der Waals surface area contributed by atoms with Crippen molar-refractivity contribution in [1.29, 1.82) is 0 Å². The van der Waals surface area contributed by atoms with Crippen LogP contribution in [-0.2, 0) is 11.8 Å². The van der Waals surface area contributed by atoms with Gasteiger partial charge in [-0.25, -0.2) is 4.39 Å². The minimum atomic E-state index is -1.63. The Morgan fingerprint density at radius 3 is 2.59 bits per heavy atom. The second-order valence-electron chi connectivity index (χ2n) is 8.83. The average molecular weight is 531 g/mol. The summed E-state index contributed by atoms with van der Waals surface area (Å²) < 4.78 is 29.1. The second-order valence-corrected chi connectivity index (χ2v) is 9.27. The van der Waals surface area contributed by atoms with Crippen LogP contribution in [0, 0.1) is 5.82 Å². The van der Waals surface area contributed by atoms with Gasteiger partial charge in [-0.3, -0.25) is 4.79 Å². The van der Waals surface area contributed by atoms with E-state index in [2.05, 4.69) is 0 Å². The van der Waals surface area contributed by atoms with Crippen molar-refractivity contribution >= 4 is 28.3 Å². The first-order valence-corrected chi connectivity index (χ1v) is 11.8. The number of aryl methyl sites for hydroxylation is 1. The molecule has 194 valence electrons. The maximum Gasteiger partial charge on any atom is 0.229 e. The molecule has 0 saturated carbocycles. The molecule has 37 heavy (non-hydrogen) atoms. The summed E-state index contributed by atoms with van der Waals surface area (Å²) in [5, 5.41) is 41.0. The molecule has 1 fully saturated rings. The van der Waals surface area contributed by atoms with Gasteiger partial charge in [0.1, 0.15) is 36.0 Å². The summed E-state index contributed by atoms with van der Waals surface area (Å²) in [6, 6.07) is 12.1. The molecular formula is C26H24ClFN2O7. The molecule has 4 N–H and O–H groups in total. The molecule has 5 rings (SSSR count). The van der Waals surface area contributed by atoms with Crippen molar-refractivity contribution in [3.05, 3.63) is 83.0 Å². The fraction of sp³-hybridized carbons (Fsp3) is 0.269. The van der Waals surface area contributed by atoms with Gasteiger partial charge < -0.3 is 39.0 Å². The van der Waals surface area contributed by atoms with Crippen LogP contribution in [0.25, 0.3) is 16.6 Å². The Morgan fingerprint density at radius 1 is 1.11 bits per heavy atom. The molecule has 3 heterocycles. The minimum absolute atomic E-state index is 0.164. The number of aromatic nitrogens is 2. The molecule has 0 bridgehead atoms. The van der Waals surface area contributed by atoms with E-state index in [-0.39, 0.29) is 22.8 Å². The molecule has 5 atom stereocenters. The smallest absolute Gasteiger partial charge is 0.229 e. The van der Waals surface area contributed by atoms with E-state index in [4.69, 9.17) is 21.1 Å². The van der Waals surface area contributed by atoms with E-state index < -0.39 is 43.1 Å². The fourth-order valence-electron chi connectivity index (χ4n) is 4.48. The summed E-state index contributed by atoms with van der Waals surface area (Å²) in [5.41, 5.74) is 1.32. The van der Waals surface area contributed by atoms with E-state index in [1.807, 2.05) is 0 Å². The van der Waals surface area contributed by atoms with Crippen LogP contribution >= 0.6 is 11.6 Å². The predicted molar refractivity (Wildman–Crippen MR) is 131 cm³/mol. The largest absolute Gasteiger partial charge is 0.460 e. The lowest BCUT2D eigenvalue weighted by Crippen LogP contribution is -2.60. The van der Waals surface area contributed by atoms with Gasteiger partial charge in [-0.2, -0.15) is 0 Å². The molecule has 0 radical (unpaired) electrons. The number of aliphatic hydroxyl groups is 4. The van der Waals surface area contributed by atoms with E-state index in [9.17, 15) is 29.6 Å². The normalized spacial score (nSPS) is 23.9. The first kappa shape index (κ1) is 25.4. The highest BCUT2D eigenvalue weighted by molar-refractivity contribution is 6.31. The van der Waals surface area contributed by atoms with Crippen LogP contribution in [0.4, 0.5) is 4.39 Å². The summed E-state index contributed by atoms with van der Waals surface area (Å²) in [6.45, 7) is -0.615. The number of ketones is 1. The summed E-state index contributed by atoms with van der Waals surface area (Å²) >= 11 is 6.26. The number of rotatable bonds is 6. The molecular weight excluding hydrogens is 507 g/mol. The lowest BCUT2D eigenvalue weighted by molar-refractivity contribution is -0.277. The Balaban J connectivity index is 1.62. The Labute approximate surface area is 215 Å². The number of nitrogens with zero attached hydrogens (tertiary/aromatic N) is 2. The van der Waals surface area contributed by atoms with Crippen LogP contribution in [0.3, 0.4) is 0 Å². The van der Waals surface area contributed by atoms with Crippen molar-refractivity contribution in [1.82, 2.24) is 9.13 Å². The quantitative estimate of drug-likeness (QED) is 0.281. The number of benzene rings is 2. The molecule has 0 spiro atoms. The monoisotopic (exact) mass is 530 g/mol. The lowest BCUT2D eigenvalue weighted by Gasteiger charge is -2.39. The maximum absolute atomic E-state index is 14.5. The van der Waals surface area contributed by atoms with Gasteiger partial charge >= 0.3 is 0 Å². The van der Waals surface area contributed by atoms with E-state index >= 15 is 0 Å². The number of halogens is 2. The van der Waals surface area contributed by atoms with E-state index in [0.717, 1.165) is 0 Å². The Bertz CT molecular complexity index is 1470. The van der Waals surface area contributed by atoms with E-state index in [1.165, 1.54) is 24.4 Å². The number of hydrogen-bond acceptors (Lipinski definition) is 7. The number of carbonyl (C=O) groups is 1. The third-order valence-electron chi connectivity index (χ3n) is 6.46. The molecule has 1 aliphatic rings. The van der Waals surface area contributed by atoms with E-state index in [0.29, 0.717) is 21.6 Å². The highest BCUT2D eigenvalue weighted by atomic mass is 35.5. The van der Waals surface area contributed by atoms with Crippen molar-refractivity contribution in [2.45, 2.75) is 30.7 Å². The first-order valence-electron chi connectivity index (χ1n) is 11.4. The highest BCUT2D eigenvalue weighted by Crippen LogP contribution is 2.36. The number of carbonyl (C=O) groups excluding carboxylic acids is 1. The summed E-state index contributed by atoms with van der Waals surface area (Å²) in [7, 11) is 1.73. The zero-order chi connectivity index (χ0) is 26.4. The summed E-state index contributed by atoms with van der Waals surface area (Å²) in [4.78, 5) is 13.4. The van der Waals surface area contributed by atoms with Crippen molar-refractivity contribution in [3.63, 3.8) is 0 Å². The zero-order valence-corrected chi connectivity index (χ0v) is 20.3. The fourth-order valence-corrected chi connectivity index (χ4v) is 4.65. The van der Waals surface area contributed by atoms with Crippen LogP contribution in [-0.4, -0.2) is 72.7 Å². The van der Waals surface area contributed by atoms with Gasteiger partial charge in [0.25, 0.3) is 0 Å². The standard InChI is InChI=1S/C26H24ClFN2O7/c1-29-8-2-3-17(29)22(32)16-7-5-14(28)10-19(16)30-11-20(15-6-4-13(27)9-18(15)30)36-26-25(35)24(34)23(33)21(12-31)37-26/h2-11,21,23-26,31,33-35H,12H2,1H3/t21-,23+,24+,25?,26-/m1/s1. The Hall–Kier alpha value is -3.25. The van der Waals surface area contributed by atoms with Crippen LogP contribution in [0.15, 0.2) is 60.9 Å².